The van der Waals surface area contributed by atoms with E-state index in [9.17, 15) is 13.2 Å². The Kier molecular flexibility index (Phi) is 5.82. The maximum Gasteiger partial charge on any atom is 0.416 e. The molecule has 27 heavy (non-hydrogen) atoms. The minimum Gasteiger partial charge on any atom is -0.394 e. The second-order valence-corrected chi connectivity index (χ2v) is 5.63. The van der Waals surface area contributed by atoms with E-state index in [4.69, 9.17) is 9.84 Å². The summed E-state index contributed by atoms with van der Waals surface area (Å²) in [4.78, 5) is 12.8. The van der Waals surface area contributed by atoms with Crippen LogP contribution in [-0.2, 0) is 10.9 Å². The first-order chi connectivity index (χ1) is 13.0. The predicted octanol–water partition coefficient (Wildman–Crippen LogP) is 3.13. The van der Waals surface area contributed by atoms with Crippen molar-refractivity contribution < 1.29 is 23.0 Å². The summed E-state index contributed by atoms with van der Waals surface area (Å²) in [6.45, 7) is 0.671. The molecule has 0 aliphatic rings. The maximum absolute atomic E-state index is 13.1. The van der Waals surface area contributed by atoms with Gasteiger partial charge in [0.05, 0.1) is 30.9 Å². The van der Waals surface area contributed by atoms with Crippen molar-refractivity contribution in [3.05, 3.63) is 48.3 Å². The number of nitrogens with one attached hydrogen (secondary N) is 1. The molecule has 3 aromatic rings. The number of benzene rings is 1. The van der Waals surface area contributed by atoms with Crippen LogP contribution < -0.4 is 5.32 Å². The van der Waals surface area contributed by atoms with E-state index in [2.05, 4.69) is 20.3 Å². The highest BCUT2D eigenvalue weighted by atomic mass is 19.4. The number of fused-ring (bicyclic) bond motifs is 1. The van der Waals surface area contributed by atoms with Crippen LogP contribution in [-0.4, -0.2) is 46.4 Å². The van der Waals surface area contributed by atoms with Gasteiger partial charge in [-0.25, -0.2) is 9.97 Å². The molecule has 2 heterocycles. The lowest BCUT2D eigenvalue weighted by Gasteiger charge is -2.13. The summed E-state index contributed by atoms with van der Waals surface area (Å²) in [5, 5.41) is 12.0. The van der Waals surface area contributed by atoms with E-state index < -0.39 is 11.7 Å². The van der Waals surface area contributed by atoms with Gasteiger partial charge in [-0.05, 0) is 30.3 Å². The van der Waals surface area contributed by atoms with Gasteiger partial charge in [0.25, 0.3) is 0 Å². The number of rotatable bonds is 7. The standard InChI is InChI=1S/C18H17F3N4O2/c19-18(20,21)13-3-4-15-14(10-13)17(23-6-8-27-9-7-26)25-16(24-15)12-2-1-5-22-11-12/h1-5,10-11,26H,6-9H2,(H,23,24,25). The van der Waals surface area contributed by atoms with E-state index in [-0.39, 0.29) is 31.0 Å². The number of halogens is 3. The van der Waals surface area contributed by atoms with Crippen molar-refractivity contribution in [1.82, 2.24) is 15.0 Å². The summed E-state index contributed by atoms with van der Waals surface area (Å²) in [6.07, 6.45) is -1.27. The van der Waals surface area contributed by atoms with Gasteiger partial charge in [-0.3, -0.25) is 4.98 Å². The monoisotopic (exact) mass is 378 g/mol. The summed E-state index contributed by atoms with van der Waals surface area (Å²) >= 11 is 0. The molecule has 0 unspecified atom stereocenters. The number of nitrogens with zero attached hydrogens (tertiary/aromatic N) is 3. The summed E-state index contributed by atoms with van der Waals surface area (Å²) in [5.74, 6) is 0.631. The first-order valence-electron chi connectivity index (χ1n) is 8.21. The molecule has 0 fully saturated rings. The minimum absolute atomic E-state index is 0.101. The number of ether oxygens (including phenoxy) is 1. The van der Waals surface area contributed by atoms with Crippen LogP contribution in [0.25, 0.3) is 22.3 Å². The number of anilines is 1. The Morgan fingerprint density at radius 3 is 2.67 bits per heavy atom. The maximum atomic E-state index is 13.1. The third-order valence-corrected chi connectivity index (χ3v) is 3.72. The molecule has 0 radical (unpaired) electrons. The van der Waals surface area contributed by atoms with E-state index in [1.54, 1.807) is 24.5 Å². The fraction of sp³-hybridized carbons (Fsp3) is 0.278. The number of aliphatic hydroxyl groups excluding tert-OH is 1. The summed E-state index contributed by atoms with van der Waals surface area (Å²) in [7, 11) is 0. The van der Waals surface area contributed by atoms with Gasteiger partial charge in [0.1, 0.15) is 5.82 Å². The van der Waals surface area contributed by atoms with Gasteiger partial charge in [0.2, 0.25) is 0 Å². The molecular weight excluding hydrogens is 361 g/mol. The van der Waals surface area contributed by atoms with E-state index in [1.807, 2.05) is 0 Å². The molecule has 0 spiro atoms. The van der Waals surface area contributed by atoms with Crippen molar-refractivity contribution in [2.75, 3.05) is 31.7 Å². The minimum atomic E-state index is -4.46. The summed E-state index contributed by atoms with van der Waals surface area (Å²) in [6, 6.07) is 6.85. The quantitative estimate of drug-likeness (QED) is 0.615. The van der Waals surface area contributed by atoms with Crippen molar-refractivity contribution in [1.29, 1.82) is 0 Å². The Labute approximate surface area is 153 Å². The largest absolute Gasteiger partial charge is 0.416 e. The molecular formula is C18H17F3N4O2. The Morgan fingerprint density at radius 1 is 1.11 bits per heavy atom. The first-order valence-corrected chi connectivity index (χ1v) is 8.21. The molecule has 142 valence electrons. The predicted molar refractivity (Wildman–Crippen MR) is 94.2 cm³/mol. The van der Waals surface area contributed by atoms with Crippen LogP contribution in [0, 0.1) is 0 Å². The van der Waals surface area contributed by atoms with E-state index >= 15 is 0 Å². The molecule has 2 aromatic heterocycles. The second-order valence-electron chi connectivity index (χ2n) is 5.63. The van der Waals surface area contributed by atoms with Crippen molar-refractivity contribution in [3.63, 3.8) is 0 Å². The molecule has 9 heteroatoms. The third-order valence-electron chi connectivity index (χ3n) is 3.72. The van der Waals surface area contributed by atoms with E-state index in [1.165, 1.54) is 6.07 Å². The second kappa shape index (κ2) is 8.28. The molecule has 0 saturated heterocycles. The van der Waals surface area contributed by atoms with Crippen molar-refractivity contribution in [2.45, 2.75) is 6.18 Å². The molecule has 0 saturated carbocycles. The molecule has 3 rings (SSSR count). The zero-order valence-electron chi connectivity index (χ0n) is 14.2. The zero-order valence-corrected chi connectivity index (χ0v) is 14.2. The summed E-state index contributed by atoms with van der Waals surface area (Å²) < 4.78 is 44.4. The van der Waals surface area contributed by atoms with E-state index in [0.29, 0.717) is 23.4 Å². The van der Waals surface area contributed by atoms with Crippen LogP contribution in [0.4, 0.5) is 19.0 Å². The van der Waals surface area contributed by atoms with Gasteiger partial charge in [-0.2, -0.15) is 13.2 Å². The van der Waals surface area contributed by atoms with Crippen LogP contribution in [0.3, 0.4) is 0 Å². The number of aliphatic hydroxyl groups is 1. The SMILES string of the molecule is OCCOCCNc1nc(-c2cccnc2)nc2ccc(C(F)(F)F)cc12. The Morgan fingerprint density at radius 2 is 1.96 bits per heavy atom. The highest BCUT2D eigenvalue weighted by Gasteiger charge is 2.31. The topological polar surface area (TPSA) is 80.2 Å². The molecule has 0 bridgehead atoms. The molecule has 1 aromatic carbocycles. The van der Waals surface area contributed by atoms with Crippen molar-refractivity contribution >= 4 is 16.7 Å². The molecule has 0 aliphatic carbocycles. The Bertz CT molecular complexity index is 904. The smallest absolute Gasteiger partial charge is 0.394 e. The molecule has 0 amide bonds. The van der Waals surface area contributed by atoms with Gasteiger partial charge in [0, 0.05) is 29.9 Å². The Hall–Kier alpha value is -2.78. The highest BCUT2D eigenvalue weighted by Crippen LogP contribution is 2.33. The fourth-order valence-corrected chi connectivity index (χ4v) is 2.47. The lowest BCUT2D eigenvalue weighted by molar-refractivity contribution is -0.137. The van der Waals surface area contributed by atoms with E-state index in [0.717, 1.165) is 12.1 Å². The van der Waals surface area contributed by atoms with Gasteiger partial charge >= 0.3 is 6.18 Å². The summed E-state index contributed by atoms with van der Waals surface area (Å²) in [5.41, 5.74) is 0.266. The number of hydrogen-bond acceptors (Lipinski definition) is 6. The molecule has 6 nitrogen and oxygen atoms in total. The average Bonchev–Trinajstić information content (AvgIpc) is 2.67. The lowest BCUT2D eigenvalue weighted by atomic mass is 10.1. The normalized spacial score (nSPS) is 11.7. The van der Waals surface area contributed by atoms with Gasteiger partial charge < -0.3 is 15.2 Å². The number of pyridine rings is 1. The number of alkyl halides is 3. The first kappa shape index (κ1) is 19.0. The fourth-order valence-electron chi connectivity index (χ4n) is 2.47. The van der Waals surface area contributed by atoms with Gasteiger partial charge in [-0.1, -0.05) is 0 Å². The molecule has 0 atom stereocenters. The van der Waals surface area contributed by atoms with Crippen LogP contribution in [0.15, 0.2) is 42.7 Å². The van der Waals surface area contributed by atoms with Crippen molar-refractivity contribution in [3.8, 4) is 11.4 Å². The van der Waals surface area contributed by atoms with Gasteiger partial charge in [-0.15, -0.1) is 0 Å². The zero-order chi connectivity index (χ0) is 19.3. The van der Waals surface area contributed by atoms with Crippen LogP contribution in [0.1, 0.15) is 5.56 Å². The van der Waals surface area contributed by atoms with Crippen LogP contribution in [0.5, 0.6) is 0 Å². The molecule has 2 N–H and O–H groups in total. The number of hydrogen-bond donors (Lipinski definition) is 2. The van der Waals surface area contributed by atoms with Crippen LogP contribution in [0.2, 0.25) is 0 Å². The highest BCUT2D eigenvalue weighted by molar-refractivity contribution is 5.91. The Balaban J connectivity index is 2.00. The average molecular weight is 378 g/mol. The molecule has 0 aliphatic heterocycles. The lowest BCUT2D eigenvalue weighted by Crippen LogP contribution is -2.13. The van der Waals surface area contributed by atoms with Crippen molar-refractivity contribution in [2.24, 2.45) is 0 Å². The number of aromatic nitrogens is 3. The van der Waals surface area contributed by atoms with Gasteiger partial charge in [0.15, 0.2) is 5.82 Å². The third kappa shape index (κ3) is 4.69. The van der Waals surface area contributed by atoms with Crippen LogP contribution >= 0.6 is 0 Å².